The lowest BCUT2D eigenvalue weighted by atomic mass is 9.96. The molecule has 3 heterocycles. The molecule has 3 unspecified atom stereocenters. The Labute approximate surface area is 319 Å². The number of halogens is 3. The maximum absolute atomic E-state index is 15.4. The molecular weight excluding hydrogens is 763 g/mol. The van der Waals surface area contributed by atoms with Crippen LogP contribution in [0, 0.1) is 17.0 Å². The Hall–Kier alpha value is -5.99. The Morgan fingerprint density at radius 3 is 2.23 bits per heavy atom. The number of fused-ring (bicyclic) bond motifs is 1. The number of carboxylic acids is 2. The molecule has 5 atom stereocenters. The normalized spacial score (nSPS) is 18.2. The van der Waals surface area contributed by atoms with E-state index in [1.165, 1.54) is 35.6 Å². The summed E-state index contributed by atoms with van der Waals surface area (Å²) in [5, 5.41) is 38.2. The number of thiophene rings is 1. The number of aromatic nitrogens is 2. The molecule has 2 amide bonds. The highest BCUT2D eigenvalue weighted by molar-refractivity contribution is 7.22. The number of benzene rings is 2. The molecule has 1 aliphatic carbocycles. The molecule has 56 heavy (non-hydrogen) atoms. The van der Waals surface area contributed by atoms with Crippen LogP contribution in [0.2, 0.25) is 0 Å². The number of ether oxygens (including phenoxy) is 2. The second kappa shape index (κ2) is 17.6. The van der Waals surface area contributed by atoms with E-state index in [9.17, 15) is 23.6 Å². The standard InChI is InChI=1S/C33H28F3N5O4S.C4H6O6/c1-44-13-12-38-16-18-2-8-23(40-17-18)27-15-24-29(46-27)26(10-11-39-24)45-25-9-3-19(14-22(25)35)28-30(36)33(28,31(37)42)32(43)41-21-6-4-20(34)5-7-21;5-1(3(7)8)2(6)4(9)10/h2-11,14-15,17,28,30,38H,12-13,16H2,1H3,(H2,37,42)(H,41,43);1-2,5-6H,(H,7,8)(H,9,10)/t;1-,2-/m.1/s1. The topological polar surface area (TPSA) is 244 Å². The number of aliphatic hydroxyl groups is 2. The molecule has 1 aliphatic rings. The number of carboxylic acid groups (broad SMARTS) is 2. The number of hydrogen-bond donors (Lipinski definition) is 7. The largest absolute Gasteiger partial charge is 0.479 e. The average molecular weight is 798 g/mol. The maximum atomic E-state index is 15.4. The first kappa shape index (κ1) is 41.2. The molecule has 0 aliphatic heterocycles. The van der Waals surface area contributed by atoms with Crippen LogP contribution in [0.15, 0.2) is 79.1 Å². The monoisotopic (exact) mass is 797 g/mol. The van der Waals surface area contributed by atoms with Crippen molar-refractivity contribution in [3.63, 3.8) is 0 Å². The van der Waals surface area contributed by atoms with E-state index < -0.39 is 65.1 Å². The molecule has 19 heteroatoms. The van der Waals surface area contributed by atoms with E-state index in [1.807, 2.05) is 18.2 Å². The molecule has 0 bridgehead atoms. The van der Waals surface area contributed by atoms with E-state index in [1.54, 1.807) is 25.6 Å². The third-order valence-electron chi connectivity index (χ3n) is 8.60. The number of hydrogen-bond acceptors (Lipinski definition) is 12. The molecule has 3 aromatic heterocycles. The van der Waals surface area contributed by atoms with E-state index in [2.05, 4.69) is 20.6 Å². The number of amides is 2. The molecule has 294 valence electrons. The number of nitrogens with zero attached hydrogens (tertiary/aromatic N) is 2. The lowest BCUT2D eigenvalue weighted by molar-refractivity contribution is -0.165. The van der Waals surface area contributed by atoms with Crippen molar-refractivity contribution in [3.05, 3.63) is 102 Å². The van der Waals surface area contributed by atoms with Crippen LogP contribution in [0.4, 0.5) is 18.9 Å². The SMILES string of the molecule is COCCNCc1ccc(-c2cc3nccc(Oc4ccc(C5C(F)C5(C(N)=O)C(=O)Nc5ccc(F)cc5)cc4F)c3s2)nc1.O=C(O)[C@H](O)[C@@H](O)C(=O)O. The van der Waals surface area contributed by atoms with Crippen LogP contribution in [0.25, 0.3) is 20.8 Å². The number of methoxy groups -OCH3 is 1. The fourth-order valence-corrected chi connectivity index (χ4v) is 6.64. The number of alkyl halides is 1. The van der Waals surface area contributed by atoms with Gasteiger partial charge in [-0.1, -0.05) is 12.1 Å². The van der Waals surface area contributed by atoms with Gasteiger partial charge in [-0.3, -0.25) is 19.6 Å². The van der Waals surface area contributed by atoms with Gasteiger partial charge in [-0.2, -0.15) is 0 Å². The lowest BCUT2D eigenvalue weighted by Crippen LogP contribution is -2.39. The van der Waals surface area contributed by atoms with Crippen molar-refractivity contribution >= 4 is 51.0 Å². The summed E-state index contributed by atoms with van der Waals surface area (Å²) in [4.78, 5) is 54.8. The predicted molar refractivity (Wildman–Crippen MR) is 194 cm³/mol. The molecule has 1 fully saturated rings. The van der Waals surface area contributed by atoms with Crippen LogP contribution in [-0.4, -0.2) is 92.8 Å². The summed E-state index contributed by atoms with van der Waals surface area (Å²) < 4.78 is 55.6. The van der Waals surface area contributed by atoms with Gasteiger partial charge in [-0.15, -0.1) is 11.3 Å². The van der Waals surface area contributed by atoms with Crippen LogP contribution in [0.3, 0.4) is 0 Å². The first-order valence-electron chi connectivity index (χ1n) is 16.5. The van der Waals surface area contributed by atoms with Gasteiger partial charge in [-0.25, -0.2) is 22.8 Å². The van der Waals surface area contributed by atoms with E-state index in [-0.39, 0.29) is 17.0 Å². The second-order valence-electron chi connectivity index (χ2n) is 12.3. The molecule has 2 aromatic carbocycles. The molecule has 15 nitrogen and oxygen atoms in total. The highest BCUT2D eigenvalue weighted by atomic mass is 32.1. The third kappa shape index (κ3) is 8.93. The number of pyridine rings is 2. The number of carbonyl (C=O) groups is 4. The number of primary amides is 1. The molecule has 8 N–H and O–H groups in total. The number of carbonyl (C=O) groups excluding carboxylic acids is 2. The van der Waals surface area contributed by atoms with Gasteiger partial charge in [0, 0.05) is 50.3 Å². The quantitative estimate of drug-likeness (QED) is 0.0593. The van der Waals surface area contributed by atoms with Crippen molar-refractivity contribution in [2.24, 2.45) is 11.1 Å². The summed E-state index contributed by atoms with van der Waals surface area (Å²) >= 11 is 1.39. The smallest absolute Gasteiger partial charge is 0.335 e. The third-order valence-corrected chi connectivity index (χ3v) is 9.76. The lowest BCUT2D eigenvalue weighted by Gasteiger charge is -2.14. The summed E-state index contributed by atoms with van der Waals surface area (Å²) in [6.07, 6.45) is -3.19. The van der Waals surface area contributed by atoms with E-state index in [0.717, 1.165) is 40.9 Å². The van der Waals surface area contributed by atoms with Crippen LogP contribution in [0.5, 0.6) is 11.5 Å². The van der Waals surface area contributed by atoms with Gasteiger partial charge in [0.05, 0.1) is 27.4 Å². The number of aliphatic hydroxyl groups excluding tert-OH is 2. The van der Waals surface area contributed by atoms with Gasteiger partial charge in [0.15, 0.2) is 29.2 Å². The second-order valence-corrected chi connectivity index (χ2v) is 13.3. The summed E-state index contributed by atoms with van der Waals surface area (Å²) in [6.45, 7) is 2.01. The van der Waals surface area contributed by atoms with Gasteiger partial charge < -0.3 is 46.3 Å². The fraction of sp³-hybridized carbons (Fsp3) is 0.243. The Morgan fingerprint density at radius 2 is 1.64 bits per heavy atom. The van der Waals surface area contributed by atoms with Crippen LogP contribution >= 0.6 is 11.3 Å². The highest BCUT2D eigenvalue weighted by Crippen LogP contribution is 2.62. The van der Waals surface area contributed by atoms with Gasteiger partial charge >= 0.3 is 11.9 Å². The first-order valence-corrected chi connectivity index (χ1v) is 17.3. The molecule has 5 aromatic rings. The van der Waals surface area contributed by atoms with E-state index in [4.69, 9.17) is 35.6 Å². The molecule has 0 spiro atoms. The summed E-state index contributed by atoms with van der Waals surface area (Å²) in [7, 11) is 1.65. The van der Waals surface area contributed by atoms with Crippen molar-refractivity contribution in [3.8, 4) is 22.1 Å². The predicted octanol–water partition coefficient (Wildman–Crippen LogP) is 3.59. The van der Waals surface area contributed by atoms with Crippen molar-refractivity contribution < 1.29 is 62.2 Å². The Balaban J connectivity index is 0.000000530. The number of rotatable bonds is 15. The van der Waals surface area contributed by atoms with Gasteiger partial charge in [0.2, 0.25) is 11.8 Å². The number of nitrogens with one attached hydrogen (secondary N) is 2. The van der Waals surface area contributed by atoms with Gasteiger partial charge in [-0.05, 0) is 59.7 Å². The van der Waals surface area contributed by atoms with Crippen LogP contribution in [-0.2, 0) is 30.5 Å². The minimum absolute atomic E-state index is 0.0621. The average Bonchev–Trinajstić information content (AvgIpc) is 3.57. The van der Waals surface area contributed by atoms with Crippen molar-refractivity contribution in [2.75, 3.05) is 25.6 Å². The summed E-state index contributed by atoms with van der Waals surface area (Å²) in [6, 6.07) is 15.8. The Bertz CT molecular complexity index is 2210. The Kier molecular flexibility index (Phi) is 13.0. The fourth-order valence-electron chi connectivity index (χ4n) is 5.60. The molecular formula is C37H34F3N5O10S. The minimum atomic E-state index is -2.27. The minimum Gasteiger partial charge on any atom is -0.479 e. The summed E-state index contributed by atoms with van der Waals surface area (Å²) in [5.41, 5.74) is 5.87. The van der Waals surface area contributed by atoms with Gasteiger partial charge in [0.1, 0.15) is 17.7 Å². The zero-order chi connectivity index (χ0) is 40.7. The number of nitrogens with two attached hydrogens (primary N) is 1. The Morgan fingerprint density at radius 1 is 0.946 bits per heavy atom. The number of anilines is 1. The van der Waals surface area contributed by atoms with Crippen molar-refractivity contribution in [1.29, 1.82) is 0 Å². The summed E-state index contributed by atoms with van der Waals surface area (Å²) in [5.74, 6) is -8.21. The molecule has 0 radical (unpaired) electrons. The zero-order valence-corrected chi connectivity index (χ0v) is 30.0. The van der Waals surface area contributed by atoms with E-state index in [0.29, 0.717) is 29.1 Å². The number of aliphatic carboxylic acids is 2. The molecule has 0 saturated heterocycles. The van der Waals surface area contributed by atoms with Crippen LogP contribution in [0.1, 0.15) is 17.0 Å². The van der Waals surface area contributed by atoms with E-state index >= 15 is 8.78 Å². The van der Waals surface area contributed by atoms with Crippen molar-refractivity contribution in [2.45, 2.75) is 30.8 Å². The highest BCUT2D eigenvalue weighted by Gasteiger charge is 2.75. The molecule has 6 rings (SSSR count). The van der Waals surface area contributed by atoms with Crippen molar-refractivity contribution in [1.82, 2.24) is 15.3 Å². The first-order chi connectivity index (χ1) is 26.7. The maximum Gasteiger partial charge on any atom is 0.335 e. The van der Waals surface area contributed by atoms with Crippen LogP contribution < -0.4 is 21.1 Å². The zero-order valence-electron chi connectivity index (χ0n) is 29.2. The van der Waals surface area contributed by atoms with Gasteiger partial charge in [0.25, 0.3) is 0 Å². The molecule has 1 saturated carbocycles.